The topological polar surface area (TPSA) is 28.4 Å². The molecule has 1 N–H and O–H groups in total. The molecule has 1 aromatic rings. The third-order valence-electron chi connectivity index (χ3n) is 4.61. The van der Waals surface area contributed by atoms with Crippen molar-refractivity contribution in [2.24, 2.45) is 11.8 Å². The van der Waals surface area contributed by atoms with Gasteiger partial charge in [-0.15, -0.1) is 0 Å². The van der Waals surface area contributed by atoms with Gasteiger partial charge in [0.25, 0.3) is 0 Å². The van der Waals surface area contributed by atoms with Crippen molar-refractivity contribution in [3.8, 4) is 0 Å². The zero-order valence-corrected chi connectivity index (χ0v) is 13.5. The molecule has 0 aromatic carbocycles. The molecule has 1 aromatic heterocycles. The van der Waals surface area contributed by atoms with Crippen molar-refractivity contribution in [2.75, 3.05) is 19.6 Å². The molecule has 0 amide bonds. The molecule has 20 heavy (non-hydrogen) atoms. The fraction of sp³-hybridized carbons (Fsp3) is 0.765. The number of furan rings is 1. The van der Waals surface area contributed by atoms with E-state index in [0.717, 1.165) is 43.0 Å². The van der Waals surface area contributed by atoms with Crippen LogP contribution >= 0.6 is 0 Å². The standard InChI is InChI=1S/C17H30N2O/c1-5-7-18-10-16-9-17(20-15(16)4)12-19-8-6-13(2)14(3)11-19/h9,13-14,18H,5-8,10-12H2,1-4H3. The maximum Gasteiger partial charge on any atom is 0.118 e. The van der Waals surface area contributed by atoms with Crippen molar-refractivity contribution in [3.05, 3.63) is 23.2 Å². The van der Waals surface area contributed by atoms with Crippen molar-refractivity contribution in [1.82, 2.24) is 10.2 Å². The van der Waals surface area contributed by atoms with Gasteiger partial charge in [-0.05, 0) is 50.8 Å². The number of nitrogens with one attached hydrogen (secondary N) is 1. The molecule has 3 heteroatoms. The average molecular weight is 278 g/mol. The highest BCUT2D eigenvalue weighted by Gasteiger charge is 2.23. The summed E-state index contributed by atoms with van der Waals surface area (Å²) in [7, 11) is 0. The van der Waals surface area contributed by atoms with Crippen LogP contribution < -0.4 is 5.32 Å². The highest BCUT2D eigenvalue weighted by molar-refractivity contribution is 5.20. The Kier molecular flexibility index (Phi) is 5.67. The molecule has 0 spiro atoms. The number of aryl methyl sites for hydroxylation is 1. The largest absolute Gasteiger partial charge is 0.465 e. The van der Waals surface area contributed by atoms with E-state index in [1.54, 1.807) is 0 Å². The molecule has 3 nitrogen and oxygen atoms in total. The van der Waals surface area contributed by atoms with Gasteiger partial charge in [-0.25, -0.2) is 0 Å². The van der Waals surface area contributed by atoms with Crippen molar-refractivity contribution >= 4 is 0 Å². The van der Waals surface area contributed by atoms with Gasteiger partial charge in [-0.1, -0.05) is 20.8 Å². The van der Waals surface area contributed by atoms with Crippen LogP contribution in [0.5, 0.6) is 0 Å². The van der Waals surface area contributed by atoms with Crippen LogP contribution in [0, 0.1) is 18.8 Å². The number of hydrogen-bond donors (Lipinski definition) is 1. The molecule has 1 aliphatic heterocycles. The summed E-state index contributed by atoms with van der Waals surface area (Å²) in [5.74, 6) is 3.85. The van der Waals surface area contributed by atoms with Gasteiger partial charge in [0.1, 0.15) is 11.5 Å². The van der Waals surface area contributed by atoms with Gasteiger partial charge in [-0.3, -0.25) is 4.90 Å². The van der Waals surface area contributed by atoms with Crippen LogP contribution in [0.4, 0.5) is 0 Å². The summed E-state index contributed by atoms with van der Waals surface area (Å²) in [5, 5.41) is 3.45. The third-order valence-corrected chi connectivity index (χ3v) is 4.61. The third kappa shape index (κ3) is 4.10. The van der Waals surface area contributed by atoms with Crippen LogP contribution in [0.15, 0.2) is 10.5 Å². The lowest BCUT2D eigenvalue weighted by atomic mass is 9.89. The second-order valence-corrected chi connectivity index (χ2v) is 6.45. The monoisotopic (exact) mass is 278 g/mol. The number of hydrogen-bond acceptors (Lipinski definition) is 3. The van der Waals surface area contributed by atoms with Crippen LogP contribution in [-0.2, 0) is 13.1 Å². The summed E-state index contributed by atoms with van der Waals surface area (Å²) in [6.45, 7) is 14.4. The van der Waals surface area contributed by atoms with Gasteiger partial charge < -0.3 is 9.73 Å². The minimum Gasteiger partial charge on any atom is -0.465 e. The molecular weight excluding hydrogens is 248 g/mol. The Labute approximate surface area is 123 Å². The van der Waals surface area contributed by atoms with Crippen molar-refractivity contribution in [3.63, 3.8) is 0 Å². The number of likely N-dealkylation sites (tertiary alicyclic amines) is 1. The van der Waals surface area contributed by atoms with Crippen LogP contribution in [-0.4, -0.2) is 24.5 Å². The Morgan fingerprint density at radius 3 is 2.85 bits per heavy atom. The summed E-state index contributed by atoms with van der Waals surface area (Å²) in [4.78, 5) is 2.53. The summed E-state index contributed by atoms with van der Waals surface area (Å²) in [6.07, 6.45) is 2.49. The molecule has 2 rings (SSSR count). The van der Waals surface area contributed by atoms with E-state index >= 15 is 0 Å². The average Bonchev–Trinajstić information content (AvgIpc) is 2.75. The zero-order valence-electron chi connectivity index (χ0n) is 13.5. The van der Waals surface area contributed by atoms with Crippen LogP contribution in [0.1, 0.15) is 50.7 Å². The van der Waals surface area contributed by atoms with E-state index < -0.39 is 0 Å². The van der Waals surface area contributed by atoms with Crippen molar-refractivity contribution in [2.45, 2.75) is 53.6 Å². The van der Waals surface area contributed by atoms with E-state index in [1.165, 1.54) is 31.5 Å². The molecule has 1 saturated heterocycles. The predicted octanol–water partition coefficient (Wildman–Crippen LogP) is 3.57. The van der Waals surface area contributed by atoms with Gasteiger partial charge >= 0.3 is 0 Å². The van der Waals surface area contributed by atoms with Gasteiger partial charge in [0.05, 0.1) is 6.54 Å². The maximum atomic E-state index is 5.93. The Morgan fingerprint density at radius 1 is 1.35 bits per heavy atom. The van der Waals surface area contributed by atoms with Gasteiger partial charge in [0.15, 0.2) is 0 Å². The minimum atomic E-state index is 0.797. The van der Waals surface area contributed by atoms with E-state index in [0.29, 0.717) is 0 Å². The zero-order chi connectivity index (χ0) is 14.5. The Hall–Kier alpha value is -0.800. The van der Waals surface area contributed by atoms with Crippen LogP contribution in [0.3, 0.4) is 0 Å². The Bertz CT molecular complexity index is 413. The minimum absolute atomic E-state index is 0.797. The summed E-state index contributed by atoms with van der Waals surface area (Å²) < 4.78 is 5.93. The second kappa shape index (κ2) is 7.28. The van der Waals surface area contributed by atoms with Crippen LogP contribution in [0.25, 0.3) is 0 Å². The first-order valence-electron chi connectivity index (χ1n) is 8.11. The number of piperidine rings is 1. The quantitative estimate of drug-likeness (QED) is 0.806. The number of rotatable bonds is 6. The molecular formula is C17H30N2O. The molecule has 2 atom stereocenters. The van der Waals surface area contributed by atoms with Gasteiger partial charge in [0.2, 0.25) is 0 Å². The molecule has 0 radical (unpaired) electrons. The fourth-order valence-electron chi connectivity index (χ4n) is 2.95. The van der Waals surface area contributed by atoms with Gasteiger partial charge in [-0.2, -0.15) is 0 Å². The maximum absolute atomic E-state index is 5.93. The summed E-state index contributed by atoms with van der Waals surface area (Å²) in [6, 6.07) is 2.24. The van der Waals surface area contributed by atoms with Crippen molar-refractivity contribution in [1.29, 1.82) is 0 Å². The second-order valence-electron chi connectivity index (χ2n) is 6.45. The molecule has 0 aliphatic carbocycles. The lowest BCUT2D eigenvalue weighted by Gasteiger charge is -2.34. The SMILES string of the molecule is CCCNCc1cc(CN2CCC(C)C(C)C2)oc1C. The molecule has 2 heterocycles. The molecule has 114 valence electrons. The first kappa shape index (κ1) is 15.6. The van der Waals surface area contributed by atoms with E-state index in [9.17, 15) is 0 Å². The Morgan fingerprint density at radius 2 is 2.15 bits per heavy atom. The lowest BCUT2D eigenvalue weighted by Crippen LogP contribution is -2.37. The number of nitrogens with zero attached hydrogens (tertiary/aromatic N) is 1. The van der Waals surface area contributed by atoms with Crippen LogP contribution in [0.2, 0.25) is 0 Å². The first-order valence-corrected chi connectivity index (χ1v) is 8.11. The van der Waals surface area contributed by atoms with E-state index in [1.807, 2.05) is 0 Å². The first-order chi connectivity index (χ1) is 9.60. The normalized spacial score (nSPS) is 24.2. The molecule has 2 unspecified atom stereocenters. The summed E-state index contributed by atoms with van der Waals surface area (Å²) in [5.41, 5.74) is 1.31. The predicted molar refractivity (Wildman–Crippen MR) is 83.7 cm³/mol. The lowest BCUT2D eigenvalue weighted by molar-refractivity contribution is 0.124. The highest BCUT2D eigenvalue weighted by Crippen LogP contribution is 2.24. The molecule has 1 fully saturated rings. The highest BCUT2D eigenvalue weighted by atomic mass is 16.3. The molecule has 0 saturated carbocycles. The molecule has 1 aliphatic rings. The Balaban J connectivity index is 1.88. The van der Waals surface area contributed by atoms with E-state index in [4.69, 9.17) is 4.42 Å². The molecule has 0 bridgehead atoms. The van der Waals surface area contributed by atoms with E-state index in [2.05, 4.69) is 44.0 Å². The van der Waals surface area contributed by atoms with Gasteiger partial charge in [0, 0.05) is 18.7 Å². The van der Waals surface area contributed by atoms with E-state index in [-0.39, 0.29) is 0 Å². The smallest absolute Gasteiger partial charge is 0.118 e. The van der Waals surface area contributed by atoms with Crippen molar-refractivity contribution < 1.29 is 4.42 Å². The fourth-order valence-corrected chi connectivity index (χ4v) is 2.95. The summed E-state index contributed by atoms with van der Waals surface area (Å²) >= 11 is 0.